The third kappa shape index (κ3) is 5.42. The fraction of sp³-hybridized carbons (Fsp3) is 0.125. The molecule has 9 heteroatoms. The fourth-order valence-electron chi connectivity index (χ4n) is 3.33. The molecule has 0 bridgehead atoms. The smallest absolute Gasteiger partial charge is 0.323 e. The molecule has 2 amide bonds. The zero-order valence-electron chi connectivity index (χ0n) is 18.1. The number of nitrogens with zero attached hydrogens (tertiary/aromatic N) is 2. The van der Waals surface area contributed by atoms with Gasteiger partial charge in [0, 0.05) is 34.4 Å². The number of hydrogen-bond donors (Lipinski definition) is 3. The minimum absolute atomic E-state index is 0.356. The van der Waals surface area contributed by atoms with E-state index in [0.29, 0.717) is 40.3 Å². The van der Waals surface area contributed by atoms with Crippen LogP contribution in [-0.4, -0.2) is 30.2 Å². The number of benzene rings is 3. The van der Waals surface area contributed by atoms with Gasteiger partial charge >= 0.3 is 6.03 Å². The monoisotopic (exact) mass is 463 g/mol. The van der Waals surface area contributed by atoms with Gasteiger partial charge in [0.05, 0.1) is 19.7 Å². The van der Waals surface area contributed by atoms with E-state index in [1.807, 2.05) is 36.4 Å². The topological polar surface area (TPSA) is 97.4 Å². The third-order valence-electron chi connectivity index (χ3n) is 4.87. The van der Waals surface area contributed by atoms with Gasteiger partial charge in [-0.15, -0.1) is 0 Å². The maximum atomic E-state index is 12.3. The zero-order valence-corrected chi connectivity index (χ0v) is 18.8. The van der Waals surface area contributed by atoms with E-state index in [2.05, 4.69) is 25.9 Å². The quantitative estimate of drug-likeness (QED) is 0.332. The lowest BCUT2D eigenvalue weighted by atomic mass is 10.1. The summed E-state index contributed by atoms with van der Waals surface area (Å²) in [5.41, 5.74) is 2.97. The van der Waals surface area contributed by atoms with Gasteiger partial charge in [0.2, 0.25) is 0 Å². The van der Waals surface area contributed by atoms with Crippen LogP contribution in [0.25, 0.3) is 10.9 Å². The Labute approximate surface area is 195 Å². The van der Waals surface area contributed by atoms with Gasteiger partial charge in [0.1, 0.15) is 12.1 Å². The average Bonchev–Trinajstić information content (AvgIpc) is 2.82. The number of halogens is 1. The van der Waals surface area contributed by atoms with Crippen molar-refractivity contribution in [3.63, 3.8) is 0 Å². The molecule has 0 radical (unpaired) electrons. The first-order valence-corrected chi connectivity index (χ1v) is 10.5. The Morgan fingerprint density at radius 3 is 2.33 bits per heavy atom. The molecule has 33 heavy (non-hydrogen) atoms. The highest BCUT2D eigenvalue weighted by Gasteiger charge is 2.11. The van der Waals surface area contributed by atoms with Gasteiger partial charge < -0.3 is 25.4 Å². The number of carbonyl (C=O) groups is 1. The van der Waals surface area contributed by atoms with Crippen molar-refractivity contribution in [2.45, 2.75) is 6.54 Å². The highest BCUT2D eigenvalue weighted by molar-refractivity contribution is 6.30. The van der Waals surface area contributed by atoms with Crippen molar-refractivity contribution in [2.24, 2.45) is 0 Å². The summed E-state index contributed by atoms with van der Waals surface area (Å²) in [6.07, 6.45) is 1.49. The molecule has 4 rings (SSSR count). The molecule has 0 fully saturated rings. The molecular formula is C24H22ClN5O3. The minimum atomic E-state index is -0.356. The zero-order chi connectivity index (χ0) is 23.2. The van der Waals surface area contributed by atoms with E-state index in [4.69, 9.17) is 21.1 Å². The minimum Gasteiger partial charge on any atom is -0.493 e. The number of ether oxygens (including phenoxy) is 2. The molecule has 0 spiro atoms. The molecule has 0 saturated heterocycles. The Kier molecular flexibility index (Phi) is 6.75. The molecule has 1 aromatic heterocycles. The molecule has 0 saturated carbocycles. The lowest BCUT2D eigenvalue weighted by Crippen LogP contribution is -2.19. The van der Waals surface area contributed by atoms with Gasteiger partial charge in [-0.1, -0.05) is 29.8 Å². The first-order chi connectivity index (χ1) is 16.1. The molecule has 3 aromatic carbocycles. The summed E-state index contributed by atoms with van der Waals surface area (Å²) in [5.74, 6) is 1.86. The number of amides is 2. The van der Waals surface area contributed by atoms with Crippen LogP contribution in [0.1, 0.15) is 5.56 Å². The SMILES string of the molecule is COc1cc2ncnc(NCc3cccc(NC(=O)Nc4cccc(Cl)c4)c3)c2cc1OC. The van der Waals surface area contributed by atoms with Gasteiger partial charge in [0.25, 0.3) is 0 Å². The maximum Gasteiger partial charge on any atom is 0.323 e. The third-order valence-corrected chi connectivity index (χ3v) is 5.10. The van der Waals surface area contributed by atoms with E-state index < -0.39 is 0 Å². The van der Waals surface area contributed by atoms with Gasteiger partial charge in [-0.2, -0.15) is 0 Å². The summed E-state index contributed by atoms with van der Waals surface area (Å²) in [6, 6.07) is 17.8. The standard InChI is InChI=1S/C24H22ClN5O3/c1-32-21-11-19-20(12-22(21)33-2)27-14-28-23(19)26-13-15-5-3-7-17(9-15)29-24(31)30-18-8-4-6-16(25)10-18/h3-12,14H,13H2,1-2H3,(H,26,27,28)(H2,29,30,31). The van der Waals surface area contributed by atoms with E-state index in [-0.39, 0.29) is 6.03 Å². The van der Waals surface area contributed by atoms with Crippen LogP contribution in [-0.2, 0) is 6.54 Å². The Morgan fingerprint density at radius 2 is 1.61 bits per heavy atom. The first-order valence-electron chi connectivity index (χ1n) is 10.1. The molecular weight excluding hydrogens is 442 g/mol. The maximum absolute atomic E-state index is 12.3. The van der Waals surface area contributed by atoms with E-state index in [1.165, 1.54) is 6.33 Å². The van der Waals surface area contributed by atoms with Crippen molar-refractivity contribution in [3.8, 4) is 11.5 Å². The lowest BCUT2D eigenvalue weighted by Gasteiger charge is -2.13. The van der Waals surface area contributed by atoms with E-state index in [9.17, 15) is 4.79 Å². The van der Waals surface area contributed by atoms with Crippen LogP contribution in [0.5, 0.6) is 11.5 Å². The van der Waals surface area contributed by atoms with Crippen LogP contribution in [0.3, 0.4) is 0 Å². The normalized spacial score (nSPS) is 10.5. The van der Waals surface area contributed by atoms with Gasteiger partial charge in [-0.25, -0.2) is 14.8 Å². The first kappa shape index (κ1) is 22.2. The number of rotatable bonds is 7. The van der Waals surface area contributed by atoms with Crippen LogP contribution in [0.4, 0.5) is 22.0 Å². The van der Waals surface area contributed by atoms with Crippen molar-refractivity contribution in [2.75, 3.05) is 30.2 Å². The average molecular weight is 464 g/mol. The van der Waals surface area contributed by atoms with Crippen molar-refractivity contribution >= 4 is 45.7 Å². The van der Waals surface area contributed by atoms with Crippen LogP contribution < -0.4 is 25.4 Å². The number of hydrogen-bond acceptors (Lipinski definition) is 6. The molecule has 4 aromatic rings. The summed E-state index contributed by atoms with van der Waals surface area (Å²) in [5, 5.41) is 10.3. The predicted octanol–water partition coefficient (Wildman–Crippen LogP) is 5.56. The second-order valence-corrected chi connectivity index (χ2v) is 7.53. The van der Waals surface area contributed by atoms with Crippen molar-refractivity contribution in [3.05, 3.63) is 77.6 Å². The van der Waals surface area contributed by atoms with Crippen molar-refractivity contribution in [1.82, 2.24) is 9.97 Å². The Morgan fingerprint density at radius 1 is 0.909 bits per heavy atom. The van der Waals surface area contributed by atoms with Crippen molar-refractivity contribution in [1.29, 1.82) is 0 Å². The summed E-state index contributed by atoms with van der Waals surface area (Å²) in [7, 11) is 3.17. The lowest BCUT2D eigenvalue weighted by molar-refractivity contribution is 0.262. The number of nitrogens with one attached hydrogen (secondary N) is 3. The molecule has 0 aliphatic heterocycles. The number of carbonyl (C=O) groups excluding carboxylic acids is 1. The molecule has 1 heterocycles. The van der Waals surface area contributed by atoms with E-state index in [1.54, 1.807) is 38.5 Å². The van der Waals surface area contributed by atoms with E-state index in [0.717, 1.165) is 16.5 Å². The second-order valence-electron chi connectivity index (χ2n) is 7.09. The largest absolute Gasteiger partial charge is 0.493 e. The number of aromatic nitrogens is 2. The van der Waals surface area contributed by atoms with Crippen LogP contribution in [0, 0.1) is 0 Å². The Hall–Kier alpha value is -4.04. The summed E-state index contributed by atoms with van der Waals surface area (Å²) in [4.78, 5) is 21.0. The van der Waals surface area contributed by atoms with Crippen LogP contribution >= 0.6 is 11.6 Å². The van der Waals surface area contributed by atoms with Gasteiger partial charge in [-0.3, -0.25) is 0 Å². The summed E-state index contributed by atoms with van der Waals surface area (Å²) < 4.78 is 10.8. The molecule has 168 valence electrons. The molecule has 0 atom stereocenters. The fourth-order valence-corrected chi connectivity index (χ4v) is 3.52. The Bertz CT molecular complexity index is 1300. The van der Waals surface area contributed by atoms with Gasteiger partial charge in [0.15, 0.2) is 11.5 Å². The van der Waals surface area contributed by atoms with Crippen LogP contribution in [0.2, 0.25) is 5.02 Å². The molecule has 8 nitrogen and oxygen atoms in total. The number of methoxy groups -OCH3 is 2. The van der Waals surface area contributed by atoms with E-state index >= 15 is 0 Å². The Balaban J connectivity index is 1.46. The highest BCUT2D eigenvalue weighted by Crippen LogP contribution is 2.33. The summed E-state index contributed by atoms with van der Waals surface area (Å²) in [6.45, 7) is 0.492. The molecule has 3 N–H and O–H groups in total. The number of fused-ring (bicyclic) bond motifs is 1. The van der Waals surface area contributed by atoms with Crippen molar-refractivity contribution < 1.29 is 14.3 Å². The molecule has 0 unspecified atom stereocenters. The second kappa shape index (κ2) is 10.1. The highest BCUT2D eigenvalue weighted by atomic mass is 35.5. The predicted molar refractivity (Wildman–Crippen MR) is 131 cm³/mol. The molecule has 0 aliphatic carbocycles. The summed E-state index contributed by atoms with van der Waals surface area (Å²) >= 11 is 5.96. The molecule has 0 aliphatic rings. The number of anilines is 3. The van der Waals surface area contributed by atoms with Crippen LogP contribution in [0.15, 0.2) is 67.0 Å². The van der Waals surface area contributed by atoms with Gasteiger partial charge in [-0.05, 0) is 42.0 Å². The number of urea groups is 1.